The summed E-state index contributed by atoms with van der Waals surface area (Å²) in [5, 5.41) is 8.87. The van der Waals surface area contributed by atoms with Crippen molar-refractivity contribution in [2.24, 2.45) is 5.73 Å². The highest BCUT2D eigenvalue weighted by atomic mass is 32.2. The van der Waals surface area contributed by atoms with Crippen LogP contribution in [-0.4, -0.2) is 31.8 Å². The van der Waals surface area contributed by atoms with Gasteiger partial charge in [-0.05, 0) is 24.1 Å². The molecule has 0 unspecified atom stereocenters. The summed E-state index contributed by atoms with van der Waals surface area (Å²) < 4.78 is 25.0. The monoisotopic (exact) mass is 319 g/mol. The minimum atomic E-state index is -3.63. The Morgan fingerprint density at radius 2 is 1.77 bits per heavy atom. The largest absolute Gasteiger partial charge is 0.396 e. The molecule has 22 heavy (non-hydrogen) atoms. The molecular formula is C16H17NO4S. The number of carbonyl (C=O) groups is 1. The highest BCUT2D eigenvalue weighted by Crippen LogP contribution is 2.29. The van der Waals surface area contributed by atoms with Gasteiger partial charge in [-0.2, -0.15) is 0 Å². The first-order valence-corrected chi connectivity index (χ1v) is 8.44. The maximum Gasteiger partial charge on any atom is 0.248 e. The van der Waals surface area contributed by atoms with E-state index in [4.69, 9.17) is 10.8 Å². The minimum Gasteiger partial charge on any atom is -0.396 e. The Morgan fingerprint density at radius 3 is 2.36 bits per heavy atom. The predicted molar refractivity (Wildman–Crippen MR) is 84.2 cm³/mol. The lowest BCUT2D eigenvalue weighted by atomic mass is 10.0. The third-order valence-corrected chi connectivity index (χ3v) is 5.09. The molecule has 0 atom stereocenters. The average molecular weight is 319 g/mol. The fraction of sp³-hybridized carbons (Fsp3) is 0.188. The molecule has 0 heterocycles. The number of hydrogen-bond donors (Lipinski definition) is 2. The fourth-order valence-corrected chi connectivity index (χ4v) is 3.71. The number of nitrogens with two attached hydrogens (primary N) is 1. The SMILES string of the molecule is NC(=O)c1ccc(-c2ccccc2)c(S(=O)(=O)CCCO)c1. The summed E-state index contributed by atoms with van der Waals surface area (Å²) in [5.74, 6) is -0.871. The van der Waals surface area contributed by atoms with Crippen LogP contribution in [0.3, 0.4) is 0 Å². The second kappa shape index (κ2) is 6.72. The molecule has 0 saturated heterocycles. The number of benzene rings is 2. The van der Waals surface area contributed by atoms with Crippen LogP contribution >= 0.6 is 0 Å². The van der Waals surface area contributed by atoms with Crippen LogP contribution in [0, 0.1) is 0 Å². The summed E-state index contributed by atoms with van der Waals surface area (Å²) in [6.45, 7) is -0.213. The van der Waals surface area contributed by atoms with Crippen molar-refractivity contribution in [2.75, 3.05) is 12.4 Å². The summed E-state index contributed by atoms with van der Waals surface area (Å²) in [4.78, 5) is 11.4. The topological polar surface area (TPSA) is 97.5 Å². The highest BCUT2D eigenvalue weighted by molar-refractivity contribution is 7.91. The van der Waals surface area contributed by atoms with Gasteiger partial charge < -0.3 is 10.8 Å². The Kier molecular flexibility index (Phi) is 4.95. The Bertz CT molecular complexity index is 770. The van der Waals surface area contributed by atoms with Gasteiger partial charge in [0.2, 0.25) is 5.91 Å². The number of sulfone groups is 1. The van der Waals surface area contributed by atoms with Crippen molar-refractivity contribution in [3.05, 3.63) is 54.1 Å². The summed E-state index contributed by atoms with van der Waals surface area (Å²) in [7, 11) is -3.63. The molecule has 116 valence electrons. The molecule has 0 aliphatic heterocycles. The molecule has 0 aromatic heterocycles. The van der Waals surface area contributed by atoms with E-state index in [1.54, 1.807) is 30.3 Å². The number of amides is 1. The van der Waals surface area contributed by atoms with E-state index in [1.165, 1.54) is 12.1 Å². The molecule has 1 amide bonds. The van der Waals surface area contributed by atoms with Gasteiger partial charge in [0.15, 0.2) is 9.84 Å². The van der Waals surface area contributed by atoms with Gasteiger partial charge in [-0.3, -0.25) is 4.79 Å². The van der Waals surface area contributed by atoms with Crippen LogP contribution in [0.2, 0.25) is 0 Å². The Morgan fingerprint density at radius 1 is 1.09 bits per heavy atom. The molecular weight excluding hydrogens is 302 g/mol. The summed E-state index contributed by atoms with van der Waals surface area (Å²) in [5.41, 5.74) is 6.64. The first-order valence-electron chi connectivity index (χ1n) is 6.78. The van der Waals surface area contributed by atoms with Gasteiger partial charge in [-0.25, -0.2) is 8.42 Å². The highest BCUT2D eigenvalue weighted by Gasteiger charge is 2.20. The lowest BCUT2D eigenvalue weighted by Gasteiger charge is -2.12. The number of rotatable bonds is 6. The lowest BCUT2D eigenvalue weighted by Crippen LogP contribution is -2.14. The molecule has 3 N–H and O–H groups in total. The van der Waals surface area contributed by atoms with Crippen molar-refractivity contribution in [3.63, 3.8) is 0 Å². The second-order valence-electron chi connectivity index (χ2n) is 4.84. The Hall–Kier alpha value is -2.18. The molecule has 2 rings (SSSR count). The summed E-state index contributed by atoms with van der Waals surface area (Å²) in [6, 6.07) is 13.4. The molecule has 2 aromatic rings. The van der Waals surface area contributed by atoms with E-state index < -0.39 is 15.7 Å². The number of carbonyl (C=O) groups excluding carboxylic acids is 1. The van der Waals surface area contributed by atoms with Gasteiger partial charge in [0.25, 0.3) is 0 Å². The number of hydrogen-bond acceptors (Lipinski definition) is 4. The molecule has 0 radical (unpaired) electrons. The summed E-state index contributed by atoms with van der Waals surface area (Å²) in [6.07, 6.45) is 0.136. The molecule has 0 fully saturated rings. The van der Waals surface area contributed by atoms with Gasteiger partial charge in [0, 0.05) is 17.7 Å². The van der Waals surface area contributed by atoms with Crippen LogP contribution < -0.4 is 5.73 Å². The fourth-order valence-electron chi connectivity index (χ4n) is 2.15. The number of aliphatic hydroxyl groups excluding tert-OH is 1. The smallest absolute Gasteiger partial charge is 0.248 e. The second-order valence-corrected chi connectivity index (χ2v) is 6.91. The van der Waals surface area contributed by atoms with Crippen LogP contribution in [0.4, 0.5) is 0 Å². The zero-order chi connectivity index (χ0) is 16.2. The van der Waals surface area contributed by atoms with Gasteiger partial charge in [0.05, 0.1) is 10.6 Å². The average Bonchev–Trinajstić information content (AvgIpc) is 2.53. The van der Waals surface area contributed by atoms with Gasteiger partial charge in [-0.15, -0.1) is 0 Å². The van der Waals surface area contributed by atoms with Crippen molar-refractivity contribution in [1.29, 1.82) is 0 Å². The van der Waals surface area contributed by atoms with Crippen LogP contribution in [0.25, 0.3) is 11.1 Å². The Labute approximate surface area is 129 Å². The quantitative estimate of drug-likeness (QED) is 0.845. The maximum atomic E-state index is 12.5. The standard InChI is InChI=1S/C16H17NO4S/c17-16(19)13-7-8-14(12-5-2-1-3-6-12)15(11-13)22(20,21)10-4-9-18/h1-3,5-8,11,18H,4,9-10H2,(H2,17,19). The first kappa shape index (κ1) is 16.2. The van der Waals surface area contributed by atoms with Gasteiger partial charge in [0.1, 0.15) is 0 Å². The molecule has 0 saturated carbocycles. The molecule has 0 spiro atoms. The van der Waals surface area contributed by atoms with E-state index in [9.17, 15) is 13.2 Å². The van der Waals surface area contributed by atoms with Crippen LogP contribution in [0.15, 0.2) is 53.4 Å². The van der Waals surface area contributed by atoms with Crippen molar-refractivity contribution in [1.82, 2.24) is 0 Å². The van der Waals surface area contributed by atoms with E-state index in [1.807, 2.05) is 6.07 Å². The van der Waals surface area contributed by atoms with Crippen molar-refractivity contribution < 1.29 is 18.3 Å². The summed E-state index contributed by atoms with van der Waals surface area (Å²) >= 11 is 0. The molecule has 2 aromatic carbocycles. The third kappa shape index (κ3) is 3.52. The predicted octanol–water partition coefficient (Wildman–Crippen LogP) is 1.61. The zero-order valence-corrected chi connectivity index (χ0v) is 12.7. The van der Waals surface area contributed by atoms with Crippen LogP contribution in [-0.2, 0) is 9.84 Å². The minimum absolute atomic E-state index is 0.0588. The lowest BCUT2D eigenvalue weighted by molar-refractivity contribution is 0.1000. The van der Waals surface area contributed by atoms with E-state index in [0.717, 1.165) is 5.56 Å². The van der Waals surface area contributed by atoms with E-state index in [-0.39, 0.29) is 29.2 Å². The number of aliphatic hydroxyl groups is 1. The molecule has 6 heteroatoms. The molecule has 0 bridgehead atoms. The Balaban J connectivity index is 2.62. The van der Waals surface area contributed by atoms with E-state index >= 15 is 0 Å². The van der Waals surface area contributed by atoms with Crippen LogP contribution in [0.5, 0.6) is 0 Å². The van der Waals surface area contributed by atoms with Gasteiger partial charge in [-0.1, -0.05) is 36.4 Å². The third-order valence-electron chi connectivity index (χ3n) is 3.26. The van der Waals surface area contributed by atoms with Crippen LogP contribution in [0.1, 0.15) is 16.8 Å². The molecule has 0 aliphatic carbocycles. The van der Waals surface area contributed by atoms with E-state index in [2.05, 4.69) is 0 Å². The van der Waals surface area contributed by atoms with Gasteiger partial charge >= 0.3 is 0 Å². The molecule has 5 nitrogen and oxygen atoms in total. The van der Waals surface area contributed by atoms with E-state index in [0.29, 0.717) is 5.56 Å². The van der Waals surface area contributed by atoms with Crippen molar-refractivity contribution in [3.8, 4) is 11.1 Å². The molecule has 0 aliphatic rings. The van der Waals surface area contributed by atoms with Crippen molar-refractivity contribution >= 4 is 15.7 Å². The zero-order valence-electron chi connectivity index (χ0n) is 11.9. The number of primary amides is 1. The first-order chi connectivity index (χ1) is 10.5. The normalized spacial score (nSPS) is 11.3. The maximum absolute atomic E-state index is 12.5. The van der Waals surface area contributed by atoms with Crippen molar-refractivity contribution in [2.45, 2.75) is 11.3 Å².